The zero-order chi connectivity index (χ0) is 24.6. The molecule has 4 atom stereocenters. The Morgan fingerprint density at radius 1 is 1.03 bits per heavy atom. The maximum Gasteiger partial charge on any atom is 0.252 e. The molecule has 2 saturated carbocycles. The van der Waals surface area contributed by atoms with Crippen molar-refractivity contribution in [2.75, 3.05) is 0 Å². The lowest BCUT2D eigenvalue weighted by molar-refractivity contribution is -0.183. The van der Waals surface area contributed by atoms with Gasteiger partial charge in [-0.15, -0.1) is 0 Å². The summed E-state index contributed by atoms with van der Waals surface area (Å²) in [5.41, 5.74) is -0.0603. The first-order valence-electron chi connectivity index (χ1n) is 12.1. The third-order valence-corrected chi connectivity index (χ3v) is 6.82. The Bertz CT molecular complexity index is 1060. The zero-order valence-electron chi connectivity index (χ0n) is 20.0. The SMILES string of the molecule is CC1(C)O[C@@H]2C[C@@](OCc3ccc(F)cc3)(C(=O)NC3CC3)CC(OCc3ccccc3F)[C@@H]2O1. The number of amides is 1. The normalized spacial score (nSPS) is 29.5. The van der Waals surface area contributed by atoms with E-state index in [9.17, 15) is 13.6 Å². The molecule has 0 radical (unpaired) electrons. The molecule has 1 saturated heterocycles. The van der Waals surface area contributed by atoms with E-state index in [-0.39, 0.29) is 43.2 Å². The Hall–Kier alpha value is -2.39. The summed E-state index contributed by atoms with van der Waals surface area (Å²) in [5.74, 6) is -1.76. The molecule has 1 heterocycles. The fourth-order valence-corrected chi connectivity index (χ4v) is 4.87. The molecule has 8 heteroatoms. The van der Waals surface area contributed by atoms with Crippen LogP contribution in [0.15, 0.2) is 48.5 Å². The molecule has 2 aliphatic carbocycles. The van der Waals surface area contributed by atoms with Crippen molar-refractivity contribution in [2.24, 2.45) is 0 Å². The van der Waals surface area contributed by atoms with Crippen LogP contribution in [0.2, 0.25) is 0 Å². The van der Waals surface area contributed by atoms with Crippen molar-refractivity contribution in [1.29, 1.82) is 0 Å². The van der Waals surface area contributed by atoms with Gasteiger partial charge in [-0.05, 0) is 50.5 Å². The van der Waals surface area contributed by atoms with Crippen LogP contribution in [0.3, 0.4) is 0 Å². The second-order valence-corrected chi connectivity index (χ2v) is 10.1. The van der Waals surface area contributed by atoms with Crippen LogP contribution < -0.4 is 5.32 Å². The van der Waals surface area contributed by atoms with Crippen LogP contribution in [0.4, 0.5) is 8.78 Å². The van der Waals surface area contributed by atoms with Gasteiger partial charge < -0.3 is 24.3 Å². The van der Waals surface area contributed by atoms with Gasteiger partial charge in [0.15, 0.2) is 11.4 Å². The van der Waals surface area contributed by atoms with Gasteiger partial charge >= 0.3 is 0 Å². The van der Waals surface area contributed by atoms with Gasteiger partial charge in [-0.2, -0.15) is 0 Å². The first-order valence-corrected chi connectivity index (χ1v) is 12.1. The van der Waals surface area contributed by atoms with Crippen LogP contribution in [-0.2, 0) is 37.0 Å². The number of rotatable bonds is 8. The summed E-state index contributed by atoms with van der Waals surface area (Å²) < 4.78 is 52.5. The fraction of sp³-hybridized carbons (Fsp3) is 0.519. The third kappa shape index (κ3) is 5.56. The van der Waals surface area contributed by atoms with Crippen molar-refractivity contribution in [3.05, 3.63) is 71.3 Å². The Morgan fingerprint density at radius 2 is 1.77 bits per heavy atom. The maximum atomic E-state index is 14.3. The lowest BCUT2D eigenvalue weighted by Crippen LogP contribution is -2.60. The average molecular weight is 488 g/mol. The van der Waals surface area contributed by atoms with Crippen molar-refractivity contribution in [1.82, 2.24) is 5.32 Å². The molecule has 5 rings (SSSR count). The second-order valence-electron chi connectivity index (χ2n) is 10.1. The molecule has 0 spiro atoms. The van der Waals surface area contributed by atoms with Crippen LogP contribution in [0.1, 0.15) is 50.7 Å². The maximum absolute atomic E-state index is 14.3. The molecule has 2 aromatic rings. The smallest absolute Gasteiger partial charge is 0.252 e. The van der Waals surface area contributed by atoms with Gasteiger partial charge in [-0.3, -0.25) is 4.79 Å². The standard InChI is InChI=1S/C27H31F2NO5/c1-26(2)34-23-14-27(25(31)30-20-11-12-20,33-15-17-7-9-19(28)10-8-17)13-22(24(23)35-26)32-16-18-5-3-4-6-21(18)29/h3-10,20,22-24H,11-16H2,1-2H3,(H,30,31)/t22?,23-,24+,27-/m1/s1. The molecule has 3 aliphatic rings. The van der Waals surface area contributed by atoms with E-state index >= 15 is 0 Å². The molecular weight excluding hydrogens is 456 g/mol. The minimum Gasteiger partial charge on any atom is -0.370 e. The van der Waals surface area contributed by atoms with E-state index in [4.69, 9.17) is 18.9 Å². The molecule has 2 aromatic carbocycles. The summed E-state index contributed by atoms with van der Waals surface area (Å²) in [5, 5.41) is 3.08. The number of hydrogen-bond acceptors (Lipinski definition) is 5. The number of benzene rings is 2. The molecule has 1 aliphatic heterocycles. The number of carbonyl (C=O) groups is 1. The third-order valence-electron chi connectivity index (χ3n) is 6.82. The molecule has 0 aromatic heterocycles. The number of halogens is 2. The second kappa shape index (κ2) is 9.58. The Labute approximate surface area is 203 Å². The first kappa shape index (κ1) is 24.3. The van der Waals surface area contributed by atoms with Crippen LogP contribution in [0, 0.1) is 11.6 Å². The van der Waals surface area contributed by atoms with E-state index in [2.05, 4.69) is 5.32 Å². The Kier molecular flexibility index (Phi) is 6.65. The first-order chi connectivity index (χ1) is 16.7. The Balaban J connectivity index is 1.40. The van der Waals surface area contributed by atoms with E-state index in [1.54, 1.807) is 30.3 Å². The minimum absolute atomic E-state index is 0.0304. The van der Waals surface area contributed by atoms with E-state index < -0.39 is 29.7 Å². The number of ether oxygens (including phenoxy) is 4. The van der Waals surface area contributed by atoms with Gasteiger partial charge in [-0.1, -0.05) is 30.3 Å². The van der Waals surface area contributed by atoms with E-state index in [1.165, 1.54) is 18.2 Å². The van der Waals surface area contributed by atoms with Crippen molar-refractivity contribution < 1.29 is 32.5 Å². The van der Waals surface area contributed by atoms with Crippen LogP contribution >= 0.6 is 0 Å². The monoisotopic (exact) mass is 487 g/mol. The molecule has 1 unspecified atom stereocenters. The summed E-state index contributed by atoms with van der Waals surface area (Å²) in [6, 6.07) is 12.6. The lowest BCUT2D eigenvalue weighted by atomic mass is 9.78. The van der Waals surface area contributed by atoms with Crippen molar-refractivity contribution in [3.8, 4) is 0 Å². The van der Waals surface area contributed by atoms with Crippen LogP contribution in [0.5, 0.6) is 0 Å². The predicted octanol–water partition coefficient (Wildman–Crippen LogP) is 4.40. The number of fused-ring (bicyclic) bond motifs is 1. The van der Waals surface area contributed by atoms with Crippen LogP contribution in [-0.4, -0.2) is 41.6 Å². The summed E-state index contributed by atoms with van der Waals surface area (Å²) in [6.45, 7) is 3.80. The highest BCUT2D eigenvalue weighted by molar-refractivity contribution is 5.86. The summed E-state index contributed by atoms with van der Waals surface area (Å²) >= 11 is 0. The van der Waals surface area contributed by atoms with Crippen LogP contribution in [0.25, 0.3) is 0 Å². The van der Waals surface area contributed by atoms with Gasteiger partial charge in [0.2, 0.25) is 0 Å². The molecule has 0 bridgehead atoms. The quantitative estimate of drug-likeness (QED) is 0.598. The summed E-state index contributed by atoms with van der Waals surface area (Å²) in [7, 11) is 0. The summed E-state index contributed by atoms with van der Waals surface area (Å²) in [4.78, 5) is 13.6. The van der Waals surface area contributed by atoms with Crippen molar-refractivity contribution in [3.63, 3.8) is 0 Å². The zero-order valence-corrected chi connectivity index (χ0v) is 20.0. The highest BCUT2D eigenvalue weighted by Crippen LogP contribution is 2.44. The fourth-order valence-electron chi connectivity index (χ4n) is 4.87. The summed E-state index contributed by atoms with van der Waals surface area (Å²) in [6.07, 6.45) is 0.962. The molecular formula is C27H31F2NO5. The predicted molar refractivity (Wildman–Crippen MR) is 123 cm³/mol. The highest BCUT2D eigenvalue weighted by Gasteiger charge is 2.58. The molecule has 1 amide bonds. The highest BCUT2D eigenvalue weighted by atomic mass is 19.1. The molecule has 1 N–H and O–H groups in total. The van der Waals surface area contributed by atoms with Gasteiger partial charge in [0.25, 0.3) is 5.91 Å². The van der Waals surface area contributed by atoms with Crippen molar-refractivity contribution in [2.45, 2.75) is 88.5 Å². The largest absolute Gasteiger partial charge is 0.370 e. The van der Waals surface area contributed by atoms with E-state index in [0.717, 1.165) is 18.4 Å². The number of hydrogen-bond donors (Lipinski definition) is 1. The minimum atomic E-state index is -1.23. The number of nitrogens with one attached hydrogen (secondary N) is 1. The van der Waals surface area contributed by atoms with E-state index in [1.807, 2.05) is 13.8 Å². The molecule has 35 heavy (non-hydrogen) atoms. The number of carbonyl (C=O) groups excluding carboxylic acids is 1. The molecule has 6 nitrogen and oxygen atoms in total. The van der Waals surface area contributed by atoms with Gasteiger partial charge in [0, 0.05) is 24.4 Å². The van der Waals surface area contributed by atoms with E-state index in [0.29, 0.717) is 12.0 Å². The van der Waals surface area contributed by atoms with Gasteiger partial charge in [0.05, 0.1) is 25.4 Å². The van der Waals surface area contributed by atoms with Gasteiger partial charge in [0.1, 0.15) is 17.7 Å². The topological polar surface area (TPSA) is 66.0 Å². The lowest BCUT2D eigenvalue weighted by Gasteiger charge is -2.43. The Morgan fingerprint density at radius 3 is 2.49 bits per heavy atom. The molecule has 188 valence electrons. The average Bonchev–Trinajstić information content (AvgIpc) is 3.57. The van der Waals surface area contributed by atoms with Crippen molar-refractivity contribution >= 4 is 5.91 Å². The van der Waals surface area contributed by atoms with Gasteiger partial charge in [-0.25, -0.2) is 8.78 Å². The molecule has 3 fully saturated rings.